The summed E-state index contributed by atoms with van der Waals surface area (Å²) in [6.07, 6.45) is 4.89. The summed E-state index contributed by atoms with van der Waals surface area (Å²) in [5, 5.41) is 4.59. The largest absolute Gasteiger partial charge is 0.369 e. The van der Waals surface area contributed by atoms with Crippen LogP contribution < -0.4 is 5.32 Å². The molecule has 0 spiro atoms. The van der Waals surface area contributed by atoms with E-state index in [0.29, 0.717) is 10.3 Å². The van der Waals surface area contributed by atoms with Crippen molar-refractivity contribution < 1.29 is 0 Å². The van der Waals surface area contributed by atoms with E-state index >= 15 is 0 Å². The van der Waals surface area contributed by atoms with Gasteiger partial charge in [-0.15, -0.1) is 0 Å². The van der Waals surface area contributed by atoms with E-state index in [0.717, 1.165) is 23.3 Å². The van der Waals surface area contributed by atoms with E-state index in [4.69, 9.17) is 11.6 Å². The summed E-state index contributed by atoms with van der Waals surface area (Å²) in [5.74, 6) is 0.854. The fraction of sp³-hybridized carbons (Fsp3) is 0.500. The molecule has 0 aliphatic carbocycles. The number of halogens is 2. The maximum Gasteiger partial charge on any atom is 0.140 e. The molecule has 0 fully saturated rings. The zero-order valence-corrected chi connectivity index (χ0v) is 11.9. The summed E-state index contributed by atoms with van der Waals surface area (Å²) in [5.41, 5.74) is 0. The minimum atomic E-state index is 0.643. The topological polar surface area (TPSA) is 24.9 Å². The molecule has 0 saturated heterocycles. The van der Waals surface area contributed by atoms with Gasteiger partial charge in [0.1, 0.15) is 5.82 Å². The van der Waals surface area contributed by atoms with Gasteiger partial charge in [0, 0.05) is 18.0 Å². The lowest BCUT2D eigenvalue weighted by Crippen LogP contribution is -2.09. The van der Waals surface area contributed by atoms with Gasteiger partial charge >= 0.3 is 0 Å². The highest BCUT2D eigenvalue weighted by atomic mass is 79.9. The summed E-state index contributed by atoms with van der Waals surface area (Å²) in [6, 6.07) is 1.84. The molecule has 0 aliphatic heterocycles. The summed E-state index contributed by atoms with van der Waals surface area (Å²) in [6.45, 7) is 3.14. The molecule has 84 valence electrons. The molecule has 1 rings (SSSR count). The highest BCUT2D eigenvalue weighted by Crippen LogP contribution is 2.23. The highest BCUT2D eigenvalue weighted by Gasteiger charge is 2.03. The molecule has 0 aromatic carbocycles. The Kier molecular flexibility index (Phi) is 5.79. The van der Waals surface area contributed by atoms with Gasteiger partial charge in [-0.2, -0.15) is 11.8 Å². The van der Waals surface area contributed by atoms with Crippen molar-refractivity contribution in [3.63, 3.8) is 0 Å². The lowest BCUT2D eigenvalue weighted by molar-refractivity contribution is 0.849. The molecule has 1 atom stereocenters. The van der Waals surface area contributed by atoms with Gasteiger partial charge in [-0.05, 0) is 34.7 Å². The van der Waals surface area contributed by atoms with Gasteiger partial charge in [-0.3, -0.25) is 0 Å². The average Bonchev–Trinajstić information content (AvgIpc) is 2.21. The van der Waals surface area contributed by atoms with Gasteiger partial charge in [0.05, 0.1) is 9.50 Å². The first kappa shape index (κ1) is 13.1. The number of anilines is 1. The van der Waals surface area contributed by atoms with Crippen molar-refractivity contribution in [3.8, 4) is 0 Å². The van der Waals surface area contributed by atoms with Crippen LogP contribution in [0.4, 0.5) is 5.82 Å². The predicted octanol–water partition coefficient (Wildman–Crippen LogP) is 4.05. The van der Waals surface area contributed by atoms with Crippen LogP contribution in [0.15, 0.2) is 16.7 Å². The fourth-order valence-corrected chi connectivity index (χ4v) is 2.19. The number of hydrogen-bond donors (Lipinski definition) is 1. The van der Waals surface area contributed by atoms with Gasteiger partial charge in [0.25, 0.3) is 0 Å². The third-order valence-electron chi connectivity index (χ3n) is 2.05. The zero-order chi connectivity index (χ0) is 11.3. The molecule has 0 saturated carbocycles. The van der Waals surface area contributed by atoms with Crippen molar-refractivity contribution in [1.82, 2.24) is 4.98 Å². The van der Waals surface area contributed by atoms with E-state index in [-0.39, 0.29) is 0 Å². The number of rotatable bonds is 5. The van der Waals surface area contributed by atoms with Crippen molar-refractivity contribution in [2.75, 3.05) is 18.1 Å². The van der Waals surface area contributed by atoms with E-state index in [1.54, 1.807) is 6.20 Å². The lowest BCUT2D eigenvalue weighted by Gasteiger charge is -2.10. The van der Waals surface area contributed by atoms with Crippen LogP contribution >= 0.6 is 39.3 Å². The smallest absolute Gasteiger partial charge is 0.140 e. The molecule has 15 heavy (non-hydrogen) atoms. The average molecular weight is 310 g/mol. The van der Waals surface area contributed by atoms with Crippen molar-refractivity contribution in [3.05, 3.63) is 21.8 Å². The van der Waals surface area contributed by atoms with Crippen LogP contribution in [0.25, 0.3) is 0 Å². The first-order valence-electron chi connectivity index (χ1n) is 4.71. The van der Waals surface area contributed by atoms with Gasteiger partial charge in [0.15, 0.2) is 0 Å². The molecule has 1 aromatic rings. The third-order valence-corrected chi connectivity index (χ3v) is 3.91. The number of hydrogen-bond acceptors (Lipinski definition) is 3. The van der Waals surface area contributed by atoms with Crippen molar-refractivity contribution in [2.24, 2.45) is 0 Å². The molecule has 2 nitrogen and oxygen atoms in total. The number of aromatic nitrogens is 1. The Labute approximate surface area is 108 Å². The Morgan fingerprint density at radius 1 is 1.67 bits per heavy atom. The van der Waals surface area contributed by atoms with Gasteiger partial charge < -0.3 is 5.32 Å². The van der Waals surface area contributed by atoms with Crippen molar-refractivity contribution in [2.45, 2.75) is 18.6 Å². The molecule has 5 heteroatoms. The first-order valence-corrected chi connectivity index (χ1v) is 7.17. The van der Waals surface area contributed by atoms with E-state index in [1.165, 1.54) is 0 Å². The van der Waals surface area contributed by atoms with E-state index < -0.39 is 0 Å². The van der Waals surface area contributed by atoms with Crippen LogP contribution in [-0.2, 0) is 0 Å². The van der Waals surface area contributed by atoms with Crippen LogP contribution in [0.2, 0.25) is 5.02 Å². The van der Waals surface area contributed by atoms with Gasteiger partial charge in [-0.25, -0.2) is 4.98 Å². The molecule has 0 bridgehead atoms. The predicted molar refractivity (Wildman–Crippen MR) is 73.0 cm³/mol. The van der Waals surface area contributed by atoms with E-state index in [1.807, 2.05) is 17.8 Å². The Hall–Kier alpha value is 0.0700. The highest BCUT2D eigenvalue weighted by molar-refractivity contribution is 9.10. The Balaban J connectivity index is 2.44. The second kappa shape index (κ2) is 6.61. The van der Waals surface area contributed by atoms with E-state index in [9.17, 15) is 0 Å². The standard InChI is InChI=1S/C10H14BrClN2S/c1-7(15-2)3-4-13-10-9(11)5-8(12)6-14-10/h5-7H,3-4H2,1-2H3,(H,13,14). The number of pyridine rings is 1. The van der Waals surface area contributed by atoms with Crippen molar-refractivity contribution in [1.29, 1.82) is 0 Å². The molecule has 1 heterocycles. The summed E-state index contributed by atoms with van der Waals surface area (Å²) in [4.78, 5) is 4.20. The maximum atomic E-state index is 5.80. The van der Waals surface area contributed by atoms with Gasteiger partial charge in [0.2, 0.25) is 0 Å². The molecule has 1 aromatic heterocycles. The molecule has 0 amide bonds. The Morgan fingerprint density at radius 2 is 2.40 bits per heavy atom. The second-order valence-electron chi connectivity index (χ2n) is 3.25. The molecule has 0 radical (unpaired) electrons. The monoisotopic (exact) mass is 308 g/mol. The quantitative estimate of drug-likeness (QED) is 0.888. The van der Waals surface area contributed by atoms with Crippen LogP contribution in [0.3, 0.4) is 0 Å². The van der Waals surface area contributed by atoms with Crippen LogP contribution in [0.1, 0.15) is 13.3 Å². The minimum Gasteiger partial charge on any atom is -0.369 e. The van der Waals surface area contributed by atoms with E-state index in [2.05, 4.69) is 39.4 Å². The summed E-state index contributed by atoms with van der Waals surface area (Å²) >= 11 is 11.1. The maximum absolute atomic E-state index is 5.80. The second-order valence-corrected chi connectivity index (χ2v) is 5.81. The lowest BCUT2D eigenvalue weighted by atomic mass is 10.3. The van der Waals surface area contributed by atoms with Crippen LogP contribution in [-0.4, -0.2) is 23.0 Å². The van der Waals surface area contributed by atoms with Gasteiger partial charge in [-0.1, -0.05) is 18.5 Å². The molecular weight excluding hydrogens is 296 g/mol. The Morgan fingerprint density at radius 3 is 3.00 bits per heavy atom. The molecular formula is C10H14BrClN2S. The number of nitrogens with zero attached hydrogens (tertiary/aromatic N) is 1. The fourth-order valence-electron chi connectivity index (χ4n) is 1.06. The van der Waals surface area contributed by atoms with Crippen molar-refractivity contribution >= 4 is 45.1 Å². The summed E-state index contributed by atoms with van der Waals surface area (Å²) < 4.78 is 0.909. The third kappa shape index (κ3) is 4.62. The molecule has 0 aliphatic rings. The summed E-state index contributed by atoms with van der Waals surface area (Å²) in [7, 11) is 0. The zero-order valence-electron chi connectivity index (χ0n) is 8.76. The normalized spacial score (nSPS) is 12.5. The number of thioether (sulfide) groups is 1. The minimum absolute atomic E-state index is 0.643. The number of nitrogens with one attached hydrogen (secondary N) is 1. The van der Waals surface area contributed by atoms with Crippen LogP contribution in [0.5, 0.6) is 0 Å². The SMILES string of the molecule is CSC(C)CCNc1ncc(Cl)cc1Br. The molecule has 1 N–H and O–H groups in total. The Bertz CT molecular complexity index is 322. The molecule has 1 unspecified atom stereocenters. The first-order chi connectivity index (χ1) is 7.13. The van der Waals surface area contributed by atoms with Crippen LogP contribution in [0, 0.1) is 0 Å².